The summed E-state index contributed by atoms with van der Waals surface area (Å²) in [6.45, 7) is 3.41. The predicted octanol–water partition coefficient (Wildman–Crippen LogP) is 5.20. The van der Waals surface area contributed by atoms with Gasteiger partial charge in [0.2, 0.25) is 0 Å². The number of alkyl halides is 3. The van der Waals surface area contributed by atoms with Gasteiger partial charge in [0, 0.05) is 16.3 Å². The van der Waals surface area contributed by atoms with E-state index in [1.807, 2.05) is 0 Å². The van der Waals surface area contributed by atoms with Gasteiger partial charge in [-0.3, -0.25) is 9.59 Å². The summed E-state index contributed by atoms with van der Waals surface area (Å²) < 4.78 is 44.8. The minimum atomic E-state index is -4.56. The fourth-order valence-corrected chi connectivity index (χ4v) is 4.39. The number of hydrogen-bond acceptors (Lipinski definition) is 6. The molecule has 0 radical (unpaired) electrons. The summed E-state index contributed by atoms with van der Waals surface area (Å²) in [5.41, 5.74) is -0.678. The lowest BCUT2D eigenvalue weighted by atomic mass is 10.1. The van der Waals surface area contributed by atoms with Crippen molar-refractivity contribution in [2.75, 3.05) is 11.9 Å². The number of nitrogens with zero attached hydrogens (tertiary/aromatic N) is 2. The number of thiophene rings is 1. The number of aryl methyl sites for hydroxylation is 1. The zero-order chi connectivity index (χ0) is 25.3. The van der Waals surface area contributed by atoms with Gasteiger partial charge < -0.3 is 10.1 Å². The lowest BCUT2D eigenvalue weighted by Gasteiger charge is -2.11. The summed E-state index contributed by atoms with van der Waals surface area (Å²) in [7, 11) is 0. The largest absolute Gasteiger partial charge is 0.461 e. The highest BCUT2D eigenvalue weighted by Gasteiger charge is 2.30. The number of fused-ring (bicyclic) bond motifs is 1. The van der Waals surface area contributed by atoms with Crippen molar-refractivity contribution in [2.45, 2.75) is 20.0 Å². The molecule has 4 aromatic rings. The third-order valence-electron chi connectivity index (χ3n) is 5.18. The van der Waals surface area contributed by atoms with Crippen molar-refractivity contribution in [3.05, 3.63) is 86.6 Å². The summed E-state index contributed by atoms with van der Waals surface area (Å²) in [4.78, 5) is 38.9. The Hall–Kier alpha value is -3.99. The predicted molar refractivity (Wildman–Crippen MR) is 125 cm³/mol. The van der Waals surface area contributed by atoms with Gasteiger partial charge in [0.05, 0.1) is 23.2 Å². The van der Waals surface area contributed by atoms with Crippen molar-refractivity contribution in [1.82, 2.24) is 9.78 Å². The van der Waals surface area contributed by atoms with Gasteiger partial charge in [-0.05, 0) is 49.7 Å². The van der Waals surface area contributed by atoms with Crippen LogP contribution in [0.1, 0.15) is 38.9 Å². The molecule has 0 aliphatic rings. The van der Waals surface area contributed by atoms with E-state index >= 15 is 0 Å². The van der Waals surface area contributed by atoms with E-state index in [-0.39, 0.29) is 33.8 Å². The van der Waals surface area contributed by atoms with Crippen LogP contribution in [0.3, 0.4) is 0 Å². The number of carbonyl (C=O) groups is 2. The number of anilines is 1. The van der Waals surface area contributed by atoms with Crippen molar-refractivity contribution < 1.29 is 27.5 Å². The Morgan fingerprint density at radius 3 is 2.43 bits per heavy atom. The molecular formula is C24H18F3N3O4S. The second-order valence-corrected chi connectivity index (χ2v) is 8.33. The summed E-state index contributed by atoms with van der Waals surface area (Å²) in [5.74, 6) is -1.27. The van der Waals surface area contributed by atoms with Crippen molar-refractivity contribution in [3.63, 3.8) is 0 Å². The number of aromatic nitrogens is 2. The summed E-state index contributed by atoms with van der Waals surface area (Å²) in [5, 5.41) is 8.63. The molecule has 35 heavy (non-hydrogen) atoms. The Morgan fingerprint density at radius 2 is 1.80 bits per heavy atom. The third kappa shape index (κ3) is 4.67. The molecule has 0 unspecified atom stereocenters. The summed E-state index contributed by atoms with van der Waals surface area (Å²) in [6, 6.07) is 10.7. The zero-order valence-electron chi connectivity index (χ0n) is 18.5. The Labute approximate surface area is 200 Å². The number of rotatable bonds is 5. The first kappa shape index (κ1) is 24.1. The van der Waals surface area contributed by atoms with Crippen LogP contribution in [-0.2, 0) is 10.9 Å². The molecular weight excluding hydrogens is 483 g/mol. The average Bonchev–Trinajstić information content (AvgIpc) is 3.23. The van der Waals surface area contributed by atoms with Crippen LogP contribution in [0.2, 0.25) is 0 Å². The fourth-order valence-electron chi connectivity index (χ4n) is 3.46. The first-order chi connectivity index (χ1) is 16.6. The molecule has 11 heteroatoms. The Morgan fingerprint density at radius 1 is 1.11 bits per heavy atom. The molecule has 180 valence electrons. The number of esters is 1. The second-order valence-electron chi connectivity index (χ2n) is 7.45. The van der Waals surface area contributed by atoms with Gasteiger partial charge in [-0.2, -0.15) is 23.0 Å². The van der Waals surface area contributed by atoms with Gasteiger partial charge in [0.25, 0.3) is 11.5 Å². The number of hydrogen-bond donors (Lipinski definition) is 1. The minimum Gasteiger partial charge on any atom is -0.461 e. The van der Waals surface area contributed by atoms with Gasteiger partial charge >= 0.3 is 12.1 Å². The molecule has 1 N–H and O–H groups in total. The number of amides is 1. The second kappa shape index (κ2) is 9.34. The summed E-state index contributed by atoms with van der Waals surface area (Å²) in [6.07, 6.45) is -4.56. The van der Waals surface area contributed by atoms with Crippen LogP contribution in [0.5, 0.6) is 0 Å². The Balaban J connectivity index is 1.87. The molecule has 0 fully saturated rings. The van der Waals surface area contributed by atoms with Gasteiger partial charge in [-0.25, -0.2) is 4.79 Å². The van der Waals surface area contributed by atoms with E-state index in [4.69, 9.17) is 4.74 Å². The molecule has 2 aromatic carbocycles. The van der Waals surface area contributed by atoms with Crippen LogP contribution in [0, 0.1) is 6.92 Å². The van der Waals surface area contributed by atoms with E-state index in [0.717, 1.165) is 45.8 Å². The normalized spacial score (nSPS) is 11.5. The monoisotopic (exact) mass is 501 g/mol. The van der Waals surface area contributed by atoms with Crippen LogP contribution in [0.25, 0.3) is 16.5 Å². The Bertz CT molecular complexity index is 1490. The first-order valence-corrected chi connectivity index (χ1v) is 11.3. The SMILES string of the molecule is CCOC(=O)c1nn(-c2ccc(C(F)(F)F)cc2)c(=O)c2c(NC(=O)c3ccccc3C)scc12. The van der Waals surface area contributed by atoms with Crippen LogP contribution in [0.4, 0.5) is 18.2 Å². The third-order valence-corrected chi connectivity index (χ3v) is 6.07. The number of carbonyl (C=O) groups excluding carboxylic acids is 2. The number of benzene rings is 2. The van der Waals surface area contributed by atoms with Gasteiger partial charge in [0.15, 0.2) is 5.69 Å². The lowest BCUT2D eigenvalue weighted by Crippen LogP contribution is -2.25. The van der Waals surface area contributed by atoms with E-state index in [1.165, 1.54) is 5.38 Å². The molecule has 1 amide bonds. The highest BCUT2D eigenvalue weighted by atomic mass is 32.1. The number of nitrogens with one attached hydrogen (secondary N) is 1. The highest BCUT2D eigenvalue weighted by Crippen LogP contribution is 2.32. The van der Waals surface area contributed by atoms with Crippen molar-refractivity contribution >= 4 is 39.0 Å². The lowest BCUT2D eigenvalue weighted by molar-refractivity contribution is -0.137. The minimum absolute atomic E-state index is 0.00474. The van der Waals surface area contributed by atoms with Crippen LogP contribution in [0.15, 0.2) is 58.7 Å². The quantitative estimate of drug-likeness (QED) is 0.380. The molecule has 2 heterocycles. The molecule has 0 atom stereocenters. The molecule has 0 saturated carbocycles. The van der Waals surface area contributed by atoms with E-state index in [0.29, 0.717) is 5.56 Å². The fraction of sp³-hybridized carbons (Fsp3) is 0.167. The average molecular weight is 501 g/mol. The molecule has 4 rings (SSSR count). The zero-order valence-corrected chi connectivity index (χ0v) is 19.3. The van der Waals surface area contributed by atoms with E-state index in [1.54, 1.807) is 38.1 Å². The topological polar surface area (TPSA) is 90.3 Å². The van der Waals surface area contributed by atoms with Crippen LogP contribution < -0.4 is 10.9 Å². The van der Waals surface area contributed by atoms with Gasteiger partial charge in [-0.1, -0.05) is 18.2 Å². The number of halogens is 3. The maximum absolute atomic E-state index is 13.4. The number of ether oxygens (including phenoxy) is 1. The molecule has 0 aliphatic heterocycles. The molecule has 0 bridgehead atoms. The van der Waals surface area contributed by atoms with Gasteiger partial charge in [0.1, 0.15) is 5.00 Å². The van der Waals surface area contributed by atoms with Crippen molar-refractivity contribution in [3.8, 4) is 5.69 Å². The molecule has 0 saturated heterocycles. The van der Waals surface area contributed by atoms with Crippen LogP contribution >= 0.6 is 11.3 Å². The van der Waals surface area contributed by atoms with Crippen LogP contribution in [-0.4, -0.2) is 28.3 Å². The Kier molecular flexibility index (Phi) is 6.44. The smallest absolute Gasteiger partial charge is 0.416 e. The molecule has 2 aromatic heterocycles. The van der Waals surface area contributed by atoms with E-state index in [2.05, 4.69) is 10.4 Å². The molecule has 7 nitrogen and oxygen atoms in total. The highest BCUT2D eigenvalue weighted by molar-refractivity contribution is 7.16. The maximum Gasteiger partial charge on any atom is 0.416 e. The first-order valence-electron chi connectivity index (χ1n) is 10.4. The van der Waals surface area contributed by atoms with E-state index in [9.17, 15) is 27.6 Å². The molecule has 0 aliphatic carbocycles. The standard InChI is InChI=1S/C24H18F3N3O4S/c1-3-34-23(33)19-17-12-35-21(28-20(31)16-7-5-4-6-13(16)2)18(17)22(32)30(29-19)15-10-8-14(9-11-15)24(25,26)27/h4-12H,3H2,1-2H3,(H,28,31). The van der Waals surface area contributed by atoms with Crippen molar-refractivity contribution in [1.29, 1.82) is 0 Å². The molecule has 0 spiro atoms. The summed E-state index contributed by atoms with van der Waals surface area (Å²) >= 11 is 1.02. The van der Waals surface area contributed by atoms with E-state index < -0.39 is 29.2 Å². The van der Waals surface area contributed by atoms with Gasteiger partial charge in [-0.15, -0.1) is 11.3 Å². The maximum atomic E-state index is 13.4. The van der Waals surface area contributed by atoms with Crippen molar-refractivity contribution in [2.24, 2.45) is 0 Å².